The molecule has 1 aliphatic heterocycles. The molecule has 5 nitrogen and oxygen atoms in total. The molecule has 0 saturated carbocycles. The third kappa shape index (κ3) is 3.49. The van der Waals surface area contributed by atoms with Gasteiger partial charge < -0.3 is 9.64 Å². The lowest BCUT2D eigenvalue weighted by Gasteiger charge is -2.31. The Morgan fingerprint density at radius 2 is 1.97 bits per heavy atom. The second-order valence-electron chi connectivity index (χ2n) is 8.01. The number of piperidine rings is 1. The lowest BCUT2D eigenvalue weighted by Crippen LogP contribution is -2.37. The lowest BCUT2D eigenvalue weighted by atomic mass is 10.00. The third-order valence-corrected chi connectivity index (χ3v) is 7.00. The number of thiophene rings is 1. The van der Waals surface area contributed by atoms with Gasteiger partial charge in [-0.3, -0.25) is 9.36 Å². The highest BCUT2D eigenvalue weighted by Gasteiger charge is 2.26. The van der Waals surface area contributed by atoms with Crippen LogP contribution in [-0.4, -0.2) is 41.7 Å². The first-order valence-electron chi connectivity index (χ1n) is 10.3. The van der Waals surface area contributed by atoms with E-state index in [-0.39, 0.29) is 11.6 Å². The fraction of sp³-hybridized carbons (Fsp3) is 0.478. The van der Waals surface area contributed by atoms with Crippen molar-refractivity contribution in [2.45, 2.75) is 46.1 Å². The number of hydrogen-bond acceptors (Lipinski definition) is 5. The molecule has 0 atom stereocenters. The van der Waals surface area contributed by atoms with Gasteiger partial charge in [0.15, 0.2) is 0 Å². The molecule has 0 N–H and O–H groups in total. The lowest BCUT2D eigenvalue weighted by molar-refractivity contribution is 0.216. The van der Waals surface area contributed by atoms with Crippen LogP contribution in [-0.2, 0) is 6.42 Å². The number of aromatic nitrogens is 2. The zero-order valence-corrected chi connectivity index (χ0v) is 18.7. The number of aryl methyl sites for hydroxylation is 3. The van der Waals surface area contributed by atoms with Crippen molar-refractivity contribution in [2.24, 2.45) is 0 Å². The molecule has 1 saturated heterocycles. The topological polar surface area (TPSA) is 47.4 Å². The normalized spacial score (nSPS) is 15.9. The van der Waals surface area contributed by atoms with Crippen molar-refractivity contribution < 1.29 is 4.74 Å². The van der Waals surface area contributed by atoms with E-state index in [9.17, 15) is 4.79 Å². The summed E-state index contributed by atoms with van der Waals surface area (Å²) < 4.78 is 7.63. The van der Waals surface area contributed by atoms with Crippen molar-refractivity contribution >= 4 is 21.6 Å². The van der Waals surface area contributed by atoms with E-state index in [4.69, 9.17) is 9.72 Å². The number of fused-ring (bicyclic) bond motifs is 1. The van der Waals surface area contributed by atoms with Gasteiger partial charge in [-0.1, -0.05) is 18.6 Å². The van der Waals surface area contributed by atoms with Gasteiger partial charge in [0.05, 0.1) is 12.5 Å². The van der Waals surface area contributed by atoms with E-state index in [0.717, 1.165) is 75.7 Å². The molecule has 0 bridgehead atoms. The van der Waals surface area contributed by atoms with Crippen molar-refractivity contribution in [1.29, 1.82) is 0 Å². The van der Waals surface area contributed by atoms with Crippen molar-refractivity contribution in [2.75, 3.05) is 27.2 Å². The van der Waals surface area contributed by atoms with Crippen LogP contribution in [0.4, 0.5) is 0 Å². The molecule has 1 aromatic carbocycles. The maximum atomic E-state index is 13.9. The zero-order valence-electron chi connectivity index (χ0n) is 17.9. The average molecular weight is 412 g/mol. The van der Waals surface area contributed by atoms with E-state index in [0.29, 0.717) is 0 Å². The first-order chi connectivity index (χ1) is 13.9. The van der Waals surface area contributed by atoms with Crippen LogP contribution in [0.5, 0.6) is 5.75 Å². The van der Waals surface area contributed by atoms with E-state index < -0.39 is 0 Å². The molecule has 0 aliphatic carbocycles. The monoisotopic (exact) mass is 411 g/mol. The smallest absolute Gasteiger partial charge is 0.263 e. The summed E-state index contributed by atoms with van der Waals surface area (Å²) in [5, 5.41) is 0.743. The van der Waals surface area contributed by atoms with Crippen molar-refractivity contribution in [3.05, 3.63) is 44.8 Å². The summed E-state index contributed by atoms with van der Waals surface area (Å²) >= 11 is 1.61. The molecule has 0 amide bonds. The van der Waals surface area contributed by atoms with Crippen LogP contribution >= 0.6 is 11.3 Å². The number of hydrogen-bond donors (Lipinski definition) is 0. The van der Waals surface area contributed by atoms with E-state index >= 15 is 0 Å². The second kappa shape index (κ2) is 7.92. The van der Waals surface area contributed by atoms with Crippen molar-refractivity contribution in [3.8, 4) is 16.9 Å². The highest BCUT2D eigenvalue weighted by atomic mass is 32.1. The van der Waals surface area contributed by atoms with Crippen LogP contribution in [0.2, 0.25) is 0 Å². The largest absolute Gasteiger partial charge is 0.496 e. The third-order valence-electron chi connectivity index (χ3n) is 6.00. The zero-order chi connectivity index (χ0) is 20.7. The maximum Gasteiger partial charge on any atom is 0.263 e. The molecule has 4 rings (SSSR count). The molecule has 6 heteroatoms. The Labute approximate surface area is 176 Å². The molecule has 0 unspecified atom stereocenters. The van der Waals surface area contributed by atoms with Crippen LogP contribution in [0.15, 0.2) is 23.0 Å². The summed E-state index contributed by atoms with van der Waals surface area (Å²) in [6.07, 6.45) is 2.74. The molecular weight excluding hydrogens is 382 g/mol. The number of benzene rings is 1. The minimum absolute atomic E-state index is 0.101. The second-order valence-corrected chi connectivity index (χ2v) is 9.21. The van der Waals surface area contributed by atoms with Gasteiger partial charge in [-0.2, -0.15) is 0 Å². The Morgan fingerprint density at radius 1 is 1.24 bits per heavy atom. The highest BCUT2D eigenvalue weighted by molar-refractivity contribution is 7.19. The molecular formula is C23H29N3O2S. The Bertz CT molecular complexity index is 1110. The Morgan fingerprint density at radius 3 is 2.62 bits per heavy atom. The van der Waals surface area contributed by atoms with E-state index in [1.165, 1.54) is 0 Å². The molecule has 3 heterocycles. The van der Waals surface area contributed by atoms with Gasteiger partial charge >= 0.3 is 0 Å². The fourth-order valence-corrected chi connectivity index (χ4v) is 5.48. The number of rotatable bonds is 4. The number of ether oxygens (including phenoxy) is 1. The minimum atomic E-state index is 0.101. The molecule has 1 aliphatic rings. The van der Waals surface area contributed by atoms with Crippen LogP contribution < -0.4 is 10.3 Å². The molecule has 29 heavy (non-hydrogen) atoms. The van der Waals surface area contributed by atoms with Crippen molar-refractivity contribution in [1.82, 2.24) is 14.5 Å². The predicted octanol–water partition coefficient (Wildman–Crippen LogP) is 4.58. The van der Waals surface area contributed by atoms with E-state index in [2.05, 4.69) is 38.8 Å². The molecule has 154 valence electrons. The van der Waals surface area contributed by atoms with Gasteiger partial charge in [-0.05, 0) is 59.0 Å². The van der Waals surface area contributed by atoms with Gasteiger partial charge in [-0.15, -0.1) is 11.3 Å². The van der Waals surface area contributed by atoms with Crippen LogP contribution in [0.1, 0.15) is 42.1 Å². The van der Waals surface area contributed by atoms with Crippen LogP contribution in [0, 0.1) is 13.8 Å². The van der Waals surface area contributed by atoms with Gasteiger partial charge in [0.25, 0.3) is 5.56 Å². The van der Waals surface area contributed by atoms with Crippen molar-refractivity contribution in [3.63, 3.8) is 0 Å². The van der Waals surface area contributed by atoms with Crippen LogP contribution in [0.3, 0.4) is 0 Å². The first kappa shape index (κ1) is 20.1. The van der Waals surface area contributed by atoms with Gasteiger partial charge in [0.2, 0.25) is 0 Å². The summed E-state index contributed by atoms with van der Waals surface area (Å²) in [5.41, 5.74) is 3.21. The first-order valence-corrected chi connectivity index (χ1v) is 11.1. The van der Waals surface area contributed by atoms with E-state index in [1.807, 2.05) is 16.7 Å². The minimum Gasteiger partial charge on any atom is -0.496 e. The summed E-state index contributed by atoms with van der Waals surface area (Å²) in [6, 6.07) is 6.35. The predicted molar refractivity (Wildman–Crippen MR) is 120 cm³/mol. The SMILES string of the molecule is CCc1nc2sc(C)c(-c3cc(C)ccc3OC)c2c(=O)n1C1CCN(C)CC1. The standard InChI is InChI=1S/C23H29N3O2S/c1-6-19-24-22-21(23(27)26(19)16-9-11-25(4)12-10-16)20(15(3)29-22)17-13-14(2)7-8-18(17)28-5/h7-8,13,16H,6,9-12H2,1-5H3. The summed E-state index contributed by atoms with van der Waals surface area (Å²) in [6.45, 7) is 8.26. The van der Waals surface area contributed by atoms with Crippen LogP contribution in [0.25, 0.3) is 21.3 Å². The quantitative estimate of drug-likeness (QED) is 0.630. The summed E-state index contributed by atoms with van der Waals surface area (Å²) in [7, 11) is 3.83. The maximum absolute atomic E-state index is 13.9. The molecule has 2 aromatic heterocycles. The Hall–Kier alpha value is -2.18. The summed E-state index contributed by atoms with van der Waals surface area (Å²) in [4.78, 5) is 23.1. The molecule has 0 spiro atoms. The molecule has 0 radical (unpaired) electrons. The average Bonchev–Trinajstić information content (AvgIpc) is 3.04. The molecule has 1 fully saturated rings. The van der Waals surface area contributed by atoms with Gasteiger partial charge in [-0.25, -0.2) is 4.98 Å². The Balaban J connectivity index is 1.99. The number of likely N-dealkylation sites (tertiary alicyclic amines) is 1. The fourth-order valence-electron chi connectivity index (χ4n) is 4.44. The summed E-state index contributed by atoms with van der Waals surface area (Å²) in [5.74, 6) is 1.70. The number of nitrogens with zero attached hydrogens (tertiary/aromatic N) is 3. The van der Waals surface area contributed by atoms with Gasteiger partial charge in [0.1, 0.15) is 16.4 Å². The Kier molecular flexibility index (Phi) is 5.49. The van der Waals surface area contributed by atoms with Gasteiger partial charge in [0, 0.05) is 28.5 Å². The molecule has 3 aromatic rings. The number of methoxy groups -OCH3 is 1. The van der Waals surface area contributed by atoms with E-state index in [1.54, 1.807) is 18.4 Å². The highest BCUT2D eigenvalue weighted by Crippen LogP contribution is 2.41.